The summed E-state index contributed by atoms with van der Waals surface area (Å²) in [6.07, 6.45) is 1.80. The van der Waals surface area contributed by atoms with E-state index in [1.54, 1.807) is 32.4 Å². The first kappa shape index (κ1) is 21.1. The van der Waals surface area contributed by atoms with Crippen molar-refractivity contribution in [3.8, 4) is 0 Å². The SMILES string of the molecule is C=C(/C=C(/C(=NC)Nc1ccc(Br)cc1F)C(CNC)=C(C)C)OC. The Morgan fingerprint density at radius 3 is 2.56 bits per heavy atom. The molecule has 25 heavy (non-hydrogen) atoms. The van der Waals surface area contributed by atoms with E-state index in [-0.39, 0.29) is 5.82 Å². The van der Waals surface area contributed by atoms with E-state index in [1.165, 1.54) is 6.07 Å². The first-order valence-electron chi connectivity index (χ1n) is 7.79. The van der Waals surface area contributed by atoms with Crippen LogP contribution in [0.3, 0.4) is 0 Å². The highest BCUT2D eigenvalue weighted by molar-refractivity contribution is 9.10. The largest absolute Gasteiger partial charge is 0.497 e. The quantitative estimate of drug-likeness (QED) is 0.297. The molecule has 0 bridgehead atoms. The predicted octanol–water partition coefficient (Wildman–Crippen LogP) is 4.67. The summed E-state index contributed by atoms with van der Waals surface area (Å²) in [5, 5.41) is 6.23. The molecule has 0 amide bonds. The third-order valence-corrected chi connectivity index (χ3v) is 4.01. The van der Waals surface area contributed by atoms with Crippen LogP contribution in [0.5, 0.6) is 0 Å². The molecule has 0 aliphatic rings. The molecular weight excluding hydrogens is 385 g/mol. The number of nitrogens with one attached hydrogen (secondary N) is 2. The predicted molar refractivity (Wildman–Crippen MR) is 108 cm³/mol. The minimum Gasteiger partial charge on any atom is -0.497 e. The van der Waals surface area contributed by atoms with Gasteiger partial charge in [0, 0.05) is 23.6 Å². The molecule has 0 aromatic heterocycles. The minimum atomic E-state index is -0.368. The number of hydrogen-bond acceptors (Lipinski definition) is 3. The van der Waals surface area contributed by atoms with E-state index in [0.717, 1.165) is 16.7 Å². The number of amidine groups is 1. The van der Waals surface area contributed by atoms with Gasteiger partial charge in [-0.1, -0.05) is 28.1 Å². The van der Waals surface area contributed by atoms with Gasteiger partial charge in [0.25, 0.3) is 0 Å². The Bertz CT molecular complexity index is 719. The Balaban J connectivity index is 3.37. The molecule has 0 atom stereocenters. The first-order valence-corrected chi connectivity index (χ1v) is 8.58. The third-order valence-electron chi connectivity index (χ3n) is 3.51. The average Bonchev–Trinajstić information content (AvgIpc) is 2.57. The van der Waals surface area contributed by atoms with Crippen molar-refractivity contribution in [2.75, 3.05) is 33.1 Å². The number of hydrogen-bond donors (Lipinski definition) is 2. The normalized spacial score (nSPS) is 12.0. The van der Waals surface area contributed by atoms with Crippen LogP contribution in [0, 0.1) is 5.82 Å². The fraction of sp³-hybridized carbons (Fsp3) is 0.316. The van der Waals surface area contributed by atoms with Crippen molar-refractivity contribution < 1.29 is 9.13 Å². The lowest BCUT2D eigenvalue weighted by molar-refractivity contribution is 0.308. The second-order valence-corrected chi connectivity index (χ2v) is 6.47. The lowest BCUT2D eigenvalue weighted by Gasteiger charge is -2.19. The summed E-state index contributed by atoms with van der Waals surface area (Å²) in [6, 6.07) is 4.84. The van der Waals surface area contributed by atoms with Gasteiger partial charge in [-0.25, -0.2) is 4.39 Å². The Hall–Kier alpha value is -1.92. The molecule has 0 fully saturated rings. The van der Waals surface area contributed by atoms with E-state index in [4.69, 9.17) is 4.74 Å². The van der Waals surface area contributed by atoms with Crippen LogP contribution in [0.2, 0.25) is 0 Å². The lowest BCUT2D eigenvalue weighted by Crippen LogP contribution is -2.23. The first-order chi connectivity index (χ1) is 11.8. The number of ether oxygens (including phenoxy) is 1. The van der Waals surface area contributed by atoms with E-state index in [0.29, 0.717) is 28.3 Å². The Kier molecular flexibility index (Phi) is 8.58. The summed E-state index contributed by atoms with van der Waals surface area (Å²) in [5.41, 5.74) is 3.29. The van der Waals surface area contributed by atoms with Crippen LogP contribution in [0.15, 0.2) is 62.8 Å². The number of methoxy groups -OCH3 is 1. The summed E-state index contributed by atoms with van der Waals surface area (Å²) >= 11 is 3.26. The Morgan fingerprint density at radius 1 is 1.40 bits per heavy atom. The molecule has 0 aliphatic heterocycles. The molecule has 1 aromatic carbocycles. The molecule has 1 rings (SSSR count). The fourth-order valence-corrected chi connectivity index (χ4v) is 2.53. The molecule has 0 radical (unpaired) electrons. The van der Waals surface area contributed by atoms with Crippen molar-refractivity contribution in [1.29, 1.82) is 0 Å². The monoisotopic (exact) mass is 409 g/mol. The molecule has 0 heterocycles. The summed E-state index contributed by atoms with van der Waals surface area (Å²) < 4.78 is 20.1. The van der Waals surface area contributed by atoms with E-state index in [1.807, 2.05) is 20.9 Å². The van der Waals surface area contributed by atoms with Crippen molar-refractivity contribution in [2.24, 2.45) is 4.99 Å². The maximum Gasteiger partial charge on any atom is 0.147 e. The van der Waals surface area contributed by atoms with E-state index in [2.05, 4.69) is 38.1 Å². The van der Waals surface area contributed by atoms with Gasteiger partial charge in [0.1, 0.15) is 17.4 Å². The van der Waals surface area contributed by atoms with E-state index < -0.39 is 0 Å². The van der Waals surface area contributed by atoms with Gasteiger partial charge < -0.3 is 15.4 Å². The van der Waals surface area contributed by atoms with Gasteiger partial charge in [0.2, 0.25) is 0 Å². The van der Waals surface area contributed by atoms with Crippen LogP contribution in [0.25, 0.3) is 0 Å². The van der Waals surface area contributed by atoms with Gasteiger partial charge in [-0.15, -0.1) is 0 Å². The van der Waals surface area contributed by atoms with Crippen molar-refractivity contribution in [3.05, 3.63) is 63.6 Å². The zero-order valence-electron chi connectivity index (χ0n) is 15.3. The number of nitrogens with zero attached hydrogens (tertiary/aromatic N) is 1. The molecule has 0 saturated carbocycles. The lowest BCUT2D eigenvalue weighted by atomic mass is 9.99. The third kappa shape index (κ3) is 6.14. The zero-order valence-corrected chi connectivity index (χ0v) is 16.9. The van der Waals surface area contributed by atoms with Crippen LogP contribution in [-0.2, 0) is 4.74 Å². The Labute approximate surface area is 157 Å². The molecule has 0 aliphatic carbocycles. The van der Waals surface area contributed by atoms with Crippen LogP contribution in [-0.4, -0.2) is 33.6 Å². The molecular formula is C19H25BrFN3O. The van der Waals surface area contributed by atoms with Gasteiger partial charge in [-0.05, 0) is 50.7 Å². The number of likely N-dealkylation sites (N-methyl/N-ethyl adjacent to an activating group) is 1. The zero-order chi connectivity index (χ0) is 19.0. The molecule has 0 unspecified atom stereocenters. The number of aliphatic imine (C=N–C) groups is 1. The number of rotatable bonds is 7. The summed E-state index contributed by atoms with van der Waals surface area (Å²) in [6.45, 7) is 8.53. The summed E-state index contributed by atoms with van der Waals surface area (Å²) in [7, 11) is 5.09. The van der Waals surface area contributed by atoms with Gasteiger partial charge in [-0.3, -0.25) is 4.99 Å². The van der Waals surface area contributed by atoms with Crippen molar-refractivity contribution in [3.63, 3.8) is 0 Å². The maximum absolute atomic E-state index is 14.2. The molecule has 4 nitrogen and oxygen atoms in total. The van der Waals surface area contributed by atoms with Crippen LogP contribution in [0.4, 0.5) is 10.1 Å². The van der Waals surface area contributed by atoms with Crippen LogP contribution >= 0.6 is 15.9 Å². The van der Waals surface area contributed by atoms with E-state index in [9.17, 15) is 4.39 Å². The number of halogens is 2. The Morgan fingerprint density at radius 2 is 2.08 bits per heavy atom. The van der Waals surface area contributed by atoms with E-state index >= 15 is 0 Å². The molecule has 2 N–H and O–H groups in total. The van der Waals surface area contributed by atoms with Crippen molar-refractivity contribution >= 4 is 27.5 Å². The average molecular weight is 410 g/mol. The highest BCUT2D eigenvalue weighted by atomic mass is 79.9. The number of anilines is 1. The molecule has 136 valence electrons. The van der Waals surface area contributed by atoms with Crippen LogP contribution in [0.1, 0.15) is 13.8 Å². The minimum absolute atomic E-state index is 0.343. The molecule has 1 aromatic rings. The highest BCUT2D eigenvalue weighted by Gasteiger charge is 2.16. The van der Waals surface area contributed by atoms with Crippen molar-refractivity contribution in [1.82, 2.24) is 5.32 Å². The number of allylic oxidation sites excluding steroid dienone is 2. The highest BCUT2D eigenvalue weighted by Crippen LogP contribution is 2.23. The van der Waals surface area contributed by atoms with Crippen molar-refractivity contribution in [2.45, 2.75) is 13.8 Å². The van der Waals surface area contributed by atoms with Crippen LogP contribution < -0.4 is 10.6 Å². The van der Waals surface area contributed by atoms with Gasteiger partial charge in [-0.2, -0.15) is 0 Å². The number of benzene rings is 1. The molecule has 0 saturated heterocycles. The summed E-state index contributed by atoms with van der Waals surface area (Å²) in [5.74, 6) is 0.655. The van der Waals surface area contributed by atoms with Gasteiger partial charge in [0.15, 0.2) is 0 Å². The fourth-order valence-electron chi connectivity index (χ4n) is 2.20. The summed E-state index contributed by atoms with van der Waals surface area (Å²) in [4.78, 5) is 4.32. The standard InChI is InChI=1S/C19H25BrFN3O/c1-12(2)16(11-22-4)15(9-13(3)25-6)19(23-5)24-18-8-7-14(20)10-17(18)21/h7-10,22H,3,11H2,1-2,4-6H3,(H,23,24)/b15-9+. The second kappa shape index (κ2) is 10.2. The van der Waals surface area contributed by atoms with Gasteiger partial charge >= 0.3 is 0 Å². The molecule has 0 spiro atoms. The van der Waals surface area contributed by atoms with Gasteiger partial charge in [0.05, 0.1) is 12.8 Å². The molecule has 6 heteroatoms. The topological polar surface area (TPSA) is 45.7 Å². The second-order valence-electron chi connectivity index (χ2n) is 5.56. The maximum atomic E-state index is 14.2. The smallest absolute Gasteiger partial charge is 0.147 e.